The minimum Gasteiger partial charge on any atom is -0.382 e. The van der Waals surface area contributed by atoms with E-state index in [0.29, 0.717) is 22.5 Å². The monoisotopic (exact) mass is 282 g/mol. The van der Waals surface area contributed by atoms with Crippen LogP contribution in [0.1, 0.15) is 36.4 Å². The molecule has 0 atom stereocenters. The summed E-state index contributed by atoms with van der Waals surface area (Å²) in [5.41, 5.74) is 5.84. The average molecular weight is 282 g/mol. The van der Waals surface area contributed by atoms with E-state index in [9.17, 15) is 4.79 Å². The van der Waals surface area contributed by atoms with Crippen molar-refractivity contribution in [3.63, 3.8) is 0 Å². The highest BCUT2D eigenvalue weighted by atomic mass is 32.1. The van der Waals surface area contributed by atoms with Gasteiger partial charge in [-0.15, -0.1) is 0 Å². The third-order valence-corrected chi connectivity index (χ3v) is 4.10. The third kappa shape index (κ3) is 3.83. The second-order valence-electron chi connectivity index (χ2n) is 5.64. The average Bonchev–Trinajstić information content (AvgIpc) is 3.07. The van der Waals surface area contributed by atoms with Gasteiger partial charge in [0.05, 0.1) is 0 Å². The Labute approximate surface area is 118 Å². The van der Waals surface area contributed by atoms with E-state index in [4.69, 9.17) is 5.73 Å². The molecule has 0 spiro atoms. The van der Waals surface area contributed by atoms with Gasteiger partial charge in [0.2, 0.25) is 0 Å². The maximum absolute atomic E-state index is 12.3. The molecule has 6 heteroatoms. The van der Waals surface area contributed by atoms with E-state index in [2.05, 4.69) is 24.1 Å². The summed E-state index contributed by atoms with van der Waals surface area (Å²) in [5.74, 6) is 1.53. The highest BCUT2D eigenvalue weighted by Crippen LogP contribution is 2.31. The lowest BCUT2D eigenvalue weighted by atomic mass is 10.2. The van der Waals surface area contributed by atoms with Gasteiger partial charge in [-0.05, 0) is 24.7 Å². The molecule has 0 aliphatic heterocycles. The van der Waals surface area contributed by atoms with Crippen molar-refractivity contribution in [2.24, 2.45) is 11.8 Å². The van der Waals surface area contributed by atoms with Gasteiger partial charge in [0, 0.05) is 20.1 Å². The van der Waals surface area contributed by atoms with E-state index in [1.807, 2.05) is 7.05 Å². The standard InChI is InChI=1S/C13H22N4OS/c1-8(2)6-15-13-16-11(14)10(19-13)12(18)17(3)7-9-4-5-9/h8-9H,4-7,14H2,1-3H3,(H,15,16). The summed E-state index contributed by atoms with van der Waals surface area (Å²) in [7, 11) is 1.83. The van der Waals surface area contributed by atoms with Crippen molar-refractivity contribution < 1.29 is 4.79 Å². The van der Waals surface area contributed by atoms with Crippen molar-refractivity contribution in [1.82, 2.24) is 9.88 Å². The fourth-order valence-corrected chi connectivity index (χ4v) is 2.68. The lowest BCUT2D eigenvalue weighted by Gasteiger charge is -2.15. The number of hydrogen-bond donors (Lipinski definition) is 2. The van der Waals surface area contributed by atoms with Crippen molar-refractivity contribution in [3.8, 4) is 0 Å². The zero-order chi connectivity index (χ0) is 14.0. The van der Waals surface area contributed by atoms with Crippen LogP contribution in [0, 0.1) is 11.8 Å². The fraction of sp³-hybridized carbons (Fsp3) is 0.692. The van der Waals surface area contributed by atoms with E-state index in [-0.39, 0.29) is 5.91 Å². The van der Waals surface area contributed by atoms with Gasteiger partial charge >= 0.3 is 0 Å². The molecule has 1 aromatic heterocycles. The van der Waals surface area contributed by atoms with Crippen molar-refractivity contribution >= 4 is 28.2 Å². The Bertz CT molecular complexity index is 453. The molecule has 106 valence electrons. The summed E-state index contributed by atoms with van der Waals surface area (Å²) in [6, 6.07) is 0. The van der Waals surface area contributed by atoms with Crippen molar-refractivity contribution in [2.75, 3.05) is 31.2 Å². The summed E-state index contributed by atoms with van der Waals surface area (Å²) in [4.78, 5) is 18.8. The number of aromatic nitrogens is 1. The second kappa shape index (κ2) is 5.77. The number of carbonyl (C=O) groups excluding carboxylic acids is 1. The number of nitrogens with zero attached hydrogens (tertiary/aromatic N) is 2. The maximum atomic E-state index is 12.3. The molecule has 1 heterocycles. The third-order valence-electron chi connectivity index (χ3n) is 3.08. The van der Waals surface area contributed by atoms with E-state index in [0.717, 1.165) is 18.2 Å². The summed E-state index contributed by atoms with van der Waals surface area (Å²) >= 11 is 1.35. The summed E-state index contributed by atoms with van der Waals surface area (Å²) in [5, 5.41) is 3.94. The van der Waals surface area contributed by atoms with Gasteiger partial charge in [-0.2, -0.15) is 0 Å². The Morgan fingerprint density at radius 3 is 2.84 bits per heavy atom. The molecule has 1 amide bonds. The van der Waals surface area contributed by atoms with Crippen LogP contribution in [0.3, 0.4) is 0 Å². The van der Waals surface area contributed by atoms with Crippen LogP contribution in [0.2, 0.25) is 0 Å². The number of amides is 1. The summed E-state index contributed by atoms with van der Waals surface area (Å²) in [6.45, 7) is 5.91. The largest absolute Gasteiger partial charge is 0.382 e. The SMILES string of the molecule is CC(C)CNc1nc(N)c(C(=O)N(C)CC2CC2)s1. The second-order valence-corrected chi connectivity index (χ2v) is 6.64. The molecule has 1 aromatic rings. The normalized spacial score (nSPS) is 14.7. The molecule has 0 aromatic carbocycles. The van der Waals surface area contributed by atoms with Crippen molar-refractivity contribution in [3.05, 3.63) is 4.88 Å². The van der Waals surface area contributed by atoms with Gasteiger partial charge in [-0.3, -0.25) is 4.79 Å². The van der Waals surface area contributed by atoms with Gasteiger partial charge in [0.1, 0.15) is 10.7 Å². The Hall–Kier alpha value is -1.30. The predicted octanol–water partition coefficient (Wildman–Crippen LogP) is 2.28. The predicted molar refractivity (Wildman–Crippen MR) is 79.5 cm³/mol. The van der Waals surface area contributed by atoms with Crippen LogP contribution in [0.4, 0.5) is 10.9 Å². The van der Waals surface area contributed by atoms with Crippen LogP contribution in [0.5, 0.6) is 0 Å². The molecule has 0 bridgehead atoms. The van der Waals surface area contributed by atoms with E-state index in [1.54, 1.807) is 4.90 Å². The first kappa shape index (κ1) is 14.1. The Balaban J connectivity index is 1.99. The van der Waals surface area contributed by atoms with E-state index >= 15 is 0 Å². The molecular formula is C13H22N4OS. The number of nitrogen functional groups attached to an aromatic ring is 1. The molecule has 0 radical (unpaired) electrons. The zero-order valence-electron chi connectivity index (χ0n) is 11.8. The molecular weight excluding hydrogens is 260 g/mol. The van der Waals surface area contributed by atoms with Gasteiger partial charge in [0.15, 0.2) is 5.13 Å². The number of carbonyl (C=O) groups is 1. The fourth-order valence-electron chi connectivity index (χ4n) is 1.80. The van der Waals surface area contributed by atoms with Crippen molar-refractivity contribution in [1.29, 1.82) is 0 Å². The van der Waals surface area contributed by atoms with Crippen LogP contribution in [-0.2, 0) is 0 Å². The molecule has 0 saturated heterocycles. The minimum absolute atomic E-state index is 0.0144. The van der Waals surface area contributed by atoms with Crippen LogP contribution >= 0.6 is 11.3 Å². The van der Waals surface area contributed by atoms with Gasteiger partial charge in [0.25, 0.3) is 5.91 Å². The van der Waals surface area contributed by atoms with Gasteiger partial charge in [-0.25, -0.2) is 4.98 Å². The Kier molecular flexibility index (Phi) is 4.29. The topological polar surface area (TPSA) is 71.2 Å². The molecule has 1 saturated carbocycles. The number of thiazole rings is 1. The first-order chi connectivity index (χ1) is 8.97. The van der Waals surface area contributed by atoms with Gasteiger partial charge < -0.3 is 16.0 Å². The van der Waals surface area contributed by atoms with Crippen molar-refractivity contribution in [2.45, 2.75) is 26.7 Å². The number of nitrogens with one attached hydrogen (secondary N) is 1. The summed E-state index contributed by atoms with van der Waals surface area (Å²) < 4.78 is 0. The molecule has 1 aliphatic carbocycles. The van der Waals surface area contributed by atoms with Crippen LogP contribution in [0.25, 0.3) is 0 Å². The number of anilines is 2. The smallest absolute Gasteiger partial charge is 0.267 e. The molecule has 1 aliphatic rings. The summed E-state index contributed by atoms with van der Waals surface area (Å²) in [6.07, 6.45) is 2.47. The Morgan fingerprint density at radius 2 is 2.26 bits per heavy atom. The van der Waals surface area contributed by atoms with Gasteiger partial charge in [-0.1, -0.05) is 25.2 Å². The first-order valence-corrected chi connectivity index (χ1v) is 7.54. The van der Waals surface area contributed by atoms with Crippen LogP contribution < -0.4 is 11.1 Å². The zero-order valence-corrected chi connectivity index (χ0v) is 12.6. The highest BCUT2D eigenvalue weighted by Gasteiger charge is 2.27. The highest BCUT2D eigenvalue weighted by molar-refractivity contribution is 7.18. The number of nitrogens with two attached hydrogens (primary N) is 1. The maximum Gasteiger partial charge on any atom is 0.267 e. The molecule has 1 fully saturated rings. The number of hydrogen-bond acceptors (Lipinski definition) is 5. The quantitative estimate of drug-likeness (QED) is 0.839. The van der Waals surface area contributed by atoms with Crippen LogP contribution in [0.15, 0.2) is 0 Å². The first-order valence-electron chi connectivity index (χ1n) is 6.73. The molecule has 0 unspecified atom stereocenters. The molecule has 3 N–H and O–H groups in total. The lowest BCUT2D eigenvalue weighted by molar-refractivity contribution is 0.0794. The van der Waals surface area contributed by atoms with E-state index in [1.165, 1.54) is 24.2 Å². The molecule has 5 nitrogen and oxygen atoms in total. The minimum atomic E-state index is -0.0144. The number of rotatable bonds is 6. The Morgan fingerprint density at radius 1 is 1.58 bits per heavy atom. The molecule has 19 heavy (non-hydrogen) atoms. The lowest BCUT2D eigenvalue weighted by Crippen LogP contribution is -2.28. The van der Waals surface area contributed by atoms with Crippen LogP contribution in [-0.4, -0.2) is 35.9 Å². The van der Waals surface area contributed by atoms with E-state index < -0.39 is 0 Å². The molecule has 2 rings (SSSR count).